The van der Waals surface area contributed by atoms with Gasteiger partial charge in [-0.25, -0.2) is 0 Å². The number of rotatable bonds is 0. The predicted molar refractivity (Wildman–Crippen MR) is 35.7 cm³/mol. The molecule has 0 aromatic carbocycles. The Labute approximate surface area is 103 Å². The van der Waals surface area contributed by atoms with Gasteiger partial charge < -0.3 is 7.43 Å². The van der Waals surface area contributed by atoms with E-state index in [9.17, 15) is 0 Å². The van der Waals surface area contributed by atoms with Crippen LogP contribution < -0.4 is 51.4 Å². The van der Waals surface area contributed by atoms with E-state index in [4.69, 9.17) is 11.6 Å². The standard InChI is InChI=1S/C5H4ClN.CH3.K/c6-5-2-1-3-7-4-5;;/h1-4H;1H3;/q;-1;+1. The summed E-state index contributed by atoms with van der Waals surface area (Å²) < 4.78 is 0. The Kier molecular flexibility index (Phi) is 10.2. The van der Waals surface area contributed by atoms with Crippen LogP contribution >= 0.6 is 11.6 Å². The first-order valence-corrected chi connectivity index (χ1v) is 2.33. The number of pyridine rings is 1. The van der Waals surface area contributed by atoms with Crippen molar-refractivity contribution in [2.24, 2.45) is 0 Å². The maximum Gasteiger partial charge on any atom is 1.00 e. The Morgan fingerprint density at radius 2 is 2.11 bits per heavy atom. The first-order valence-electron chi connectivity index (χ1n) is 1.95. The largest absolute Gasteiger partial charge is 1.00 e. The van der Waals surface area contributed by atoms with Crippen molar-refractivity contribution in [2.45, 2.75) is 0 Å². The minimum Gasteiger partial charge on any atom is -0.358 e. The van der Waals surface area contributed by atoms with Gasteiger partial charge in [0.25, 0.3) is 0 Å². The normalized spacial score (nSPS) is 6.78. The smallest absolute Gasteiger partial charge is 0.358 e. The van der Waals surface area contributed by atoms with Gasteiger partial charge in [-0.15, -0.1) is 0 Å². The molecule has 0 amide bonds. The van der Waals surface area contributed by atoms with Crippen LogP contribution in [0.2, 0.25) is 5.02 Å². The summed E-state index contributed by atoms with van der Waals surface area (Å²) in [6.45, 7) is 0. The molecule has 0 spiro atoms. The summed E-state index contributed by atoms with van der Waals surface area (Å²) in [6.07, 6.45) is 3.29. The van der Waals surface area contributed by atoms with Gasteiger partial charge in [-0.3, -0.25) is 4.98 Å². The second kappa shape index (κ2) is 7.19. The summed E-state index contributed by atoms with van der Waals surface area (Å²) in [7, 11) is 0. The van der Waals surface area contributed by atoms with E-state index in [1.807, 2.05) is 0 Å². The maximum absolute atomic E-state index is 5.48. The SMILES string of the molecule is Clc1cccnc1.[CH3-].[K+]. The van der Waals surface area contributed by atoms with Crippen LogP contribution in [0, 0.1) is 7.43 Å². The minimum atomic E-state index is 0. The van der Waals surface area contributed by atoms with Crippen LogP contribution in [0.5, 0.6) is 0 Å². The summed E-state index contributed by atoms with van der Waals surface area (Å²) in [5.74, 6) is 0. The van der Waals surface area contributed by atoms with E-state index in [-0.39, 0.29) is 58.8 Å². The molecule has 0 unspecified atom stereocenters. The summed E-state index contributed by atoms with van der Waals surface area (Å²) in [6, 6.07) is 3.58. The van der Waals surface area contributed by atoms with Crippen LogP contribution in [0.1, 0.15) is 0 Å². The van der Waals surface area contributed by atoms with Gasteiger partial charge in [0.05, 0.1) is 5.02 Å². The number of hydrogen-bond donors (Lipinski definition) is 0. The molecule has 0 saturated heterocycles. The van der Waals surface area contributed by atoms with Crippen LogP contribution in [-0.2, 0) is 0 Å². The number of hydrogen-bond acceptors (Lipinski definition) is 1. The van der Waals surface area contributed by atoms with Gasteiger partial charge in [-0.1, -0.05) is 11.6 Å². The summed E-state index contributed by atoms with van der Waals surface area (Å²) in [5, 5.41) is 0.683. The van der Waals surface area contributed by atoms with Crippen molar-refractivity contribution < 1.29 is 51.4 Å². The molecule has 0 aliphatic carbocycles. The first-order chi connectivity index (χ1) is 3.39. The van der Waals surface area contributed by atoms with Crippen molar-refractivity contribution >= 4 is 11.6 Å². The van der Waals surface area contributed by atoms with Crippen LogP contribution in [0.25, 0.3) is 0 Å². The van der Waals surface area contributed by atoms with Crippen molar-refractivity contribution in [3.63, 3.8) is 0 Å². The zero-order valence-corrected chi connectivity index (χ0v) is 9.51. The molecule has 1 aromatic rings. The molecule has 0 atom stereocenters. The molecular weight excluding hydrogens is 161 g/mol. The molecule has 0 aliphatic heterocycles. The average molecular weight is 168 g/mol. The van der Waals surface area contributed by atoms with Crippen LogP contribution in [0.15, 0.2) is 24.5 Å². The summed E-state index contributed by atoms with van der Waals surface area (Å²) in [5.41, 5.74) is 0. The molecule has 0 bridgehead atoms. The Balaban J connectivity index is 0. The third-order valence-electron chi connectivity index (χ3n) is 0.625. The molecular formula is C6H7ClKN. The van der Waals surface area contributed by atoms with Crippen molar-refractivity contribution in [2.75, 3.05) is 0 Å². The molecule has 0 N–H and O–H groups in total. The third-order valence-corrected chi connectivity index (χ3v) is 0.849. The second-order valence-electron chi connectivity index (χ2n) is 1.17. The summed E-state index contributed by atoms with van der Waals surface area (Å²) >= 11 is 5.48. The number of aromatic nitrogens is 1. The average Bonchev–Trinajstić information content (AvgIpc) is 1.69. The molecule has 44 valence electrons. The van der Waals surface area contributed by atoms with Gasteiger partial charge in [0.15, 0.2) is 0 Å². The quantitative estimate of drug-likeness (QED) is 0.364. The van der Waals surface area contributed by atoms with E-state index in [2.05, 4.69) is 4.98 Å². The zero-order valence-electron chi connectivity index (χ0n) is 5.63. The molecule has 0 saturated carbocycles. The molecule has 3 heteroatoms. The zero-order chi connectivity index (χ0) is 5.11. The monoisotopic (exact) mass is 167 g/mol. The summed E-state index contributed by atoms with van der Waals surface area (Å²) in [4.78, 5) is 3.75. The van der Waals surface area contributed by atoms with Crippen LogP contribution in [0.3, 0.4) is 0 Å². The van der Waals surface area contributed by atoms with Gasteiger partial charge in [0.1, 0.15) is 0 Å². The van der Waals surface area contributed by atoms with E-state index in [1.165, 1.54) is 0 Å². The molecule has 0 aliphatic rings. The molecule has 9 heavy (non-hydrogen) atoms. The Morgan fingerprint density at radius 1 is 1.44 bits per heavy atom. The number of nitrogens with zero attached hydrogens (tertiary/aromatic N) is 1. The van der Waals surface area contributed by atoms with E-state index in [0.717, 1.165) is 0 Å². The first kappa shape index (κ1) is 12.7. The maximum atomic E-state index is 5.48. The predicted octanol–water partition coefficient (Wildman–Crippen LogP) is -0.811. The topological polar surface area (TPSA) is 12.9 Å². The van der Waals surface area contributed by atoms with E-state index in [1.54, 1.807) is 24.5 Å². The van der Waals surface area contributed by atoms with Gasteiger partial charge in [-0.2, -0.15) is 0 Å². The van der Waals surface area contributed by atoms with Crippen molar-refractivity contribution in [3.05, 3.63) is 37.0 Å². The van der Waals surface area contributed by atoms with Gasteiger partial charge in [-0.05, 0) is 12.1 Å². The number of halogens is 1. The fourth-order valence-electron chi connectivity index (χ4n) is 0.342. The minimum absolute atomic E-state index is 0. The molecule has 0 fully saturated rings. The Morgan fingerprint density at radius 3 is 2.33 bits per heavy atom. The van der Waals surface area contributed by atoms with Gasteiger partial charge >= 0.3 is 51.4 Å². The molecule has 1 aromatic heterocycles. The van der Waals surface area contributed by atoms with Crippen LogP contribution in [0.4, 0.5) is 0 Å². The van der Waals surface area contributed by atoms with Crippen molar-refractivity contribution in [1.82, 2.24) is 4.98 Å². The van der Waals surface area contributed by atoms with Crippen LogP contribution in [-0.4, -0.2) is 4.98 Å². The third kappa shape index (κ3) is 5.52. The molecule has 1 heterocycles. The molecule has 1 rings (SSSR count). The molecule has 0 radical (unpaired) electrons. The molecule has 1 nitrogen and oxygen atoms in total. The second-order valence-corrected chi connectivity index (χ2v) is 1.61. The Bertz CT molecular complexity index is 143. The van der Waals surface area contributed by atoms with E-state index >= 15 is 0 Å². The van der Waals surface area contributed by atoms with E-state index < -0.39 is 0 Å². The van der Waals surface area contributed by atoms with Crippen molar-refractivity contribution in [3.8, 4) is 0 Å². The fourth-order valence-corrected chi connectivity index (χ4v) is 0.471. The van der Waals surface area contributed by atoms with Crippen molar-refractivity contribution in [1.29, 1.82) is 0 Å². The van der Waals surface area contributed by atoms with Gasteiger partial charge in [0.2, 0.25) is 0 Å². The fraction of sp³-hybridized carbons (Fsp3) is 0. The van der Waals surface area contributed by atoms with Gasteiger partial charge in [0, 0.05) is 12.4 Å². The Hall–Kier alpha value is 1.08. The van der Waals surface area contributed by atoms with E-state index in [0.29, 0.717) is 5.02 Å².